The Bertz CT molecular complexity index is 4800. The fourth-order valence-electron chi connectivity index (χ4n) is 20.1. The number of halogens is 2. The number of benzene rings is 9. The summed E-state index contributed by atoms with van der Waals surface area (Å²) < 4.78 is 29.9. The zero-order chi connectivity index (χ0) is 75.0. The number of ether oxygens (including phenoxy) is 3. The molecule has 9 aliphatic heterocycles. The summed E-state index contributed by atoms with van der Waals surface area (Å²) in [7, 11) is 0. The first-order valence-electron chi connectivity index (χ1n) is 40.7. The van der Waals surface area contributed by atoms with Gasteiger partial charge in [-0.25, -0.2) is 4.79 Å². The number of quaternary nitrogens is 3. The highest BCUT2D eigenvalue weighted by atomic mass is 79.9. The molecule has 16 heteroatoms. The second kappa shape index (κ2) is 35.8. The van der Waals surface area contributed by atoms with E-state index in [1.165, 1.54) is 219 Å². The van der Waals surface area contributed by atoms with Gasteiger partial charge in [0.15, 0.2) is 0 Å². The van der Waals surface area contributed by atoms with E-state index in [4.69, 9.17) is 19.3 Å². The van der Waals surface area contributed by atoms with Crippen LogP contribution in [-0.4, -0.2) is 128 Å². The molecule has 0 aliphatic carbocycles. The molecule has 9 fully saturated rings. The molecule has 113 heavy (non-hydrogen) atoms. The van der Waals surface area contributed by atoms with E-state index in [0.29, 0.717) is 27.9 Å². The Kier molecular flexibility index (Phi) is 25.2. The molecule has 14 heterocycles. The summed E-state index contributed by atoms with van der Waals surface area (Å²) in [6, 6.07) is 99.9. The fraction of sp³-hybridized carbons (Fsp3) is 0.320. The number of aliphatic hydroxyl groups is 1. The average molecular weight is 1680 g/mol. The minimum absolute atomic E-state index is 0. The van der Waals surface area contributed by atoms with Gasteiger partial charge in [0.05, 0.1) is 88.5 Å². The molecule has 23 rings (SSSR count). The number of hydrogen-bond acceptors (Lipinski definition) is 7. The standard InChI is InChI=1S/3C29H32N2O.C10H8O3S2.2BrH/c3*1-2-11-26(12-3-1)32-20-8-17-31-18-15-23(16-19-31)29(22-31)30-27-13-6-4-9-24(27)21-25-10-5-7-14-28(25)30;11-9(12)10(13,7-3-1-5-14-7)8-4-2-6-15-8;;/h3*1-7,9-14,21,23,29H,8,15-20,22H2;1-6,13H,(H,11,12);2*1H/q3*+2;;;/t3*23?,29-,31?;;;/m000.../s1. The maximum absolute atomic E-state index is 11.2. The van der Waals surface area contributed by atoms with Crippen LogP contribution in [0.2, 0.25) is 0 Å². The molecule has 3 atom stereocenters. The van der Waals surface area contributed by atoms with Crippen LogP contribution in [0.4, 0.5) is 0 Å². The summed E-state index contributed by atoms with van der Waals surface area (Å²) in [5, 5.41) is 31.0. The van der Waals surface area contributed by atoms with E-state index < -0.39 is 11.6 Å². The summed E-state index contributed by atoms with van der Waals surface area (Å²) in [4.78, 5) is 12.0. The maximum atomic E-state index is 11.2. The first-order valence-corrected chi connectivity index (χ1v) is 42.4. The molecular formula is C97H106Br2N6O6S2+6. The highest BCUT2D eigenvalue weighted by molar-refractivity contribution is 8.93. The number of carbonyl (C=O) groups is 1. The molecule has 9 saturated heterocycles. The van der Waals surface area contributed by atoms with Gasteiger partial charge in [-0.1, -0.05) is 140 Å². The number of carboxylic acids is 1. The predicted octanol–water partition coefficient (Wildman–Crippen LogP) is 19.9. The first-order chi connectivity index (χ1) is 54.6. The van der Waals surface area contributed by atoms with Crippen LogP contribution in [0.25, 0.3) is 65.4 Å². The van der Waals surface area contributed by atoms with Crippen LogP contribution in [0, 0.1) is 17.8 Å². The molecular weight excluding hydrogens is 1570 g/mol. The van der Waals surface area contributed by atoms with Gasteiger partial charge in [-0.05, 0) is 114 Å². The molecule has 580 valence electrons. The normalized spacial score (nSPS) is 22.6. The van der Waals surface area contributed by atoms with Crippen LogP contribution >= 0.6 is 56.6 Å². The van der Waals surface area contributed by atoms with Crippen LogP contribution in [-0.2, 0) is 10.4 Å². The lowest BCUT2D eigenvalue weighted by molar-refractivity contribution is -0.967. The highest BCUT2D eigenvalue weighted by Crippen LogP contribution is 2.44. The van der Waals surface area contributed by atoms with Crippen molar-refractivity contribution in [3.8, 4) is 17.2 Å². The monoisotopic (exact) mass is 1670 g/mol. The number of piperidine rings is 9. The topological polar surface area (TPSA) is 96.9 Å². The molecule has 2 N–H and O–H groups in total. The Balaban J connectivity index is 0.000000122. The van der Waals surface area contributed by atoms with Crippen molar-refractivity contribution in [2.45, 2.75) is 81.5 Å². The Labute approximate surface area is 693 Å². The molecule has 9 aromatic carbocycles. The first kappa shape index (κ1) is 79.3. The molecule has 0 unspecified atom stereocenters. The quantitative estimate of drug-likeness (QED) is 0.0322. The van der Waals surface area contributed by atoms with Crippen LogP contribution in [0.5, 0.6) is 17.2 Å². The van der Waals surface area contributed by atoms with Gasteiger partial charge in [0.1, 0.15) is 36.9 Å². The van der Waals surface area contributed by atoms with E-state index in [1.54, 1.807) is 35.0 Å². The third kappa shape index (κ3) is 17.1. The summed E-state index contributed by atoms with van der Waals surface area (Å²) >= 11 is 2.46. The summed E-state index contributed by atoms with van der Waals surface area (Å²) in [6.07, 6.45) is 11.4. The number of pyridine rings is 3. The summed E-state index contributed by atoms with van der Waals surface area (Å²) in [6.45, 7) is 17.8. The van der Waals surface area contributed by atoms with Crippen molar-refractivity contribution in [1.29, 1.82) is 0 Å². The van der Waals surface area contributed by atoms with Crippen LogP contribution in [0.15, 0.2) is 290 Å². The lowest BCUT2D eigenvalue weighted by Gasteiger charge is -2.50. The number of hydrogen-bond donors (Lipinski definition) is 2. The third-order valence-electron chi connectivity index (χ3n) is 25.7. The Morgan fingerprint density at radius 3 is 0.814 bits per heavy atom. The number of thiophene rings is 2. The minimum atomic E-state index is -1.90. The van der Waals surface area contributed by atoms with Crippen molar-refractivity contribution in [2.75, 3.05) is 98.4 Å². The SMILES string of the molecule is Br.Br.O=C(O)C(O)(c1cccs1)c1cccs1.c1ccc(OCCC[N+]23CCC(CC2)[C@@H]([n+]2c4ccccc4cc4ccccc42)C3)cc1.c1ccc(OCCC[N+]23CCC(CC2)[C@@H]([n+]2c4ccccc4cc4ccccc42)C3)cc1.c1ccc(OCCC[N+]23CCC(CC2)[C@@H]([n+]2c4ccccc4cc4ccccc42)C3)cc1. The second-order valence-electron chi connectivity index (χ2n) is 32.2. The lowest BCUT2D eigenvalue weighted by atomic mass is 9.80. The van der Waals surface area contributed by atoms with Crippen LogP contribution in [0.1, 0.15) is 85.7 Å². The van der Waals surface area contributed by atoms with Gasteiger partial charge in [0.2, 0.25) is 56.8 Å². The van der Waals surface area contributed by atoms with Crippen LogP contribution in [0.3, 0.4) is 0 Å². The molecule has 6 bridgehead atoms. The third-order valence-corrected chi connectivity index (χ3v) is 27.7. The zero-order valence-electron chi connectivity index (χ0n) is 64.5. The van der Waals surface area contributed by atoms with Gasteiger partial charge >= 0.3 is 5.97 Å². The number of aliphatic carboxylic acids is 1. The van der Waals surface area contributed by atoms with Crippen molar-refractivity contribution in [2.24, 2.45) is 17.8 Å². The van der Waals surface area contributed by atoms with Crippen molar-refractivity contribution in [3.63, 3.8) is 0 Å². The van der Waals surface area contributed by atoms with Crippen molar-refractivity contribution >= 4 is 128 Å². The van der Waals surface area contributed by atoms with Gasteiger partial charge in [0, 0.05) is 144 Å². The zero-order valence-corrected chi connectivity index (χ0v) is 69.6. The molecule has 12 nitrogen and oxygen atoms in total. The predicted molar refractivity (Wildman–Crippen MR) is 469 cm³/mol. The number of fused-ring (bicyclic) bond motifs is 15. The van der Waals surface area contributed by atoms with Gasteiger partial charge < -0.3 is 37.9 Å². The number of rotatable bonds is 21. The number of nitrogens with zero attached hydrogens (tertiary/aromatic N) is 6. The molecule has 0 amide bonds. The second-order valence-corrected chi connectivity index (χ2v) is 34.1. The van der Waals surface area contributed by atoms with E-state index in [2.05, 4.69) is 214 Å². The lowest BCUT2D eigenvalue weighted by Crippen LogP contribution is -2.67. The number of carboxylic acid groups (broad SMARTS) is 1. The molecule has 0 saturated carbocycles. The van der Waals surface area contributed by atoms with Gasteiger partial charge in [-0.3, -0.25) is 0 Å². The van der Waals surface area contributed by atoms with E-state index in [1.807, 2.05) is 54.6 Å². The molecule has 5 aromatic heterocycles. The van der Waals surface area contributed by atoms with Crippen molar-refractivity contribution < 1.29 is 56.4 Å². The molecule has 0 radical (unpaired) electrons. The molecule has 0 spiro atoms. The minimum Gasteiger partial charge on any atom is -0.493 e. The van der Waals surface area contributed by atoms with E-state index in [9.17, 15) is 9.90 Å². The molecule has 14 aromatic rings. The smallest absolute Gasteiger partial charge is 0.346 e. The van der Waals surface area contributed by atoms with Crippen molar-refractivity contribution in [3.05, 3.63) is 300 Å². The fourth-order valence-corrected chi connectivity index (χ4v) is 21.8. The molecule has 9 aliphatic rings. The van der Waals surface area contributed by atoms with Gasteiger partial charge in [-0.2, -0.15) is 13.7 Å². The van der Waals surface area contributed by atoms with E-state index >= 15 is 0 Å². The van der Waals surface area contributed by atoms with E-state index in [0.717, 1.165) is 74.1 Å². The number of para-hydroxylation sites is 9. The Morgan fingerprint density at radius 1 is 0.345 bits per heavy atom. The van der Waals surface area contributed by atoms with Gasteiger partial charge in [0.25, 0.3) is 0 Å². The highest BCUT2D eigenvalue weighted by Gasteiger charge is 2.54. The summed E-state index contributed by atoms with van der Waals surface area (Å²) in [5.41, 5.74) is 6.41. The summed E-state index contributed by atoms with van der Waals surface area (Å²) in [5.74, 6) is 4.08. The number of aromatic nitrogens is 3. The van der Waals surface area contributed by atoms with Gasteiger partial charge in [-0.15, -0.1) is 56.6 Å². The average Bonchev–Trinajstić information content (AvgIpc) is 1.70. The Hall–Kier alpha value is -8.94. The largest absolute Gasteiger partial charge is 0.493 e. The maximum Gasteiger partial charge on any atom is 0.346 e. The Morgan fingerprint density at radius 2 is 0.584 bits per heavy atom. The van der Waals surface area contributed by atoms with Crippen LogP contribution < -0.4 is 27.9 Å². The van der Waals surface area contributed by atoms with E-state index in [-0.39, 0.29) is 34.0 Å². The van der Waals surface area contributed by atoms with Crippen molar-refractivity contribution in [1.82, 2.24) is 0 Å².